The summed E-state index contributed by atoms with van der Waals surface area (Å²) < 4.78 is 13.4. The number of carbonyl (C=O) groups is 1. The van der Waals surface area contributed by atoms with Gasteiger partial charge in [-0.25, -0.2) is 4.39 Å². The van der Waals surface area contributed by atoms with E-state index in [4.69, 9.17) is 5.73 Å². The van der Waals surface area contributed by atoms with Crippen molar-refractivity contribution in [3.63, 3.8) is 0 Å². The van der Waals surface area contributed by atoms with Crippen molar-refractivity contribution in [2.24, 2.45) is 0 Å². The normalized spacial score (nSPS) is 11.1. The van der Waals surface area contributed by atoms with Crippen LogP contribution >= 0.6 is 0 Å². The molecule has 1 aromatic carbocycles. The number of carbonyl (C=O) groups excluding carboxylic acids is 1. The van der Waals surface area contributed by atoms with Crippen LogP contribution in [0.25, 0.3) is 0 Å². The first-order valence-electron chi connectivity index (χ1n) is 6.06. The number of halogens is 1. The molecule has 0 aliphatic heterocycles. The second-order valence-corrected chi connectivity index (χ2v) is 4.83. The van der Waals surface area contributed by atoms with Crippen molar-refractivity contribution in [2.75, 3.05) is 51.8 Å². The lowest BCUT2D eigenvalue weighted by atomic mass is 10.2. The molecule has 0 aliphatic carbocycles. The molecule has 1 aromatic rings. The molecule has 0 aliphatic rings. The molecule has 3 N–H and O–H groups in total. The smallest absolute Gasteiger partial charge is 0.238 e. The number of amides is 1. The number of nitrogens with zero attached hydrogens (tertiary/aromatic N) is 2. The van der Waals surface area contributed by atoms with E-state index in [0.29, 0.717) is 5.69 Å². The van der Waals surface area contributed by atoms with Crippen molar-refractivity contribution < 1.29 is 9.18 Å². The van der Waals surface area contributed by atoms with Crippen molar-refractivity contribution in [1.82, 2.24) is 9.80 Å². The number of hydrogen-bond donors (Lipinski definition) is 2. The molecule has 0 fully saturated rings. The van der Waals surface area contributed by atoms with Crippen LogP contribution in [0.5, 0.6) is 0 Å². The SMILES string of the molecule is CN(C)CCN(C)CC(=O)Nc1cc(N)ccc1F. The Morgan fingerprint density at radius 2 is 2.00 bits per heavy atom. The Labute approximate surface area is 113 Å². The second kappa shape index (κ2) is 7.06. The van der Waals surface area contributed by atoms with E-state index in [9.17, 15) is 9.18 Å². The first kappa shape index (κ1) is 15.4. The predicted octanol–water partition coefficient (Wildman–Crippen LogP) is 0.840. The van der Waals surface area contributed by atoms with Gasteiger partial charge in [0.05, 0.1) is 12.2 Å². The van der Waals surface area contributed by atoms with Crippen LogP contribution in [0.1, 0.15) is 0 Å². The number of benzene rings is 1. The summed E-state index contributed by atoms with van der Waals surface area (Å²) in [6.07, 6.45) is 0. The molecule has 0 unspecified atom stereocenters. The third kappa shape index (κ3) is 5.67. The molecule has 0 bridgehead atoms. The number of likely N-dealkylation sites (N-methyl/N-ethyl adjacent to an activating group) is 2. The van der Waals surface area contributed by atoms with Gasteiger partial charge in [0.2, 0.25) is 5.91 Å². The van der Waals surface area contributed by atoms with Gasteiger partial charge in [-0.15, -0.1) is 0 Å². The maximum atomic E-state index is 13.4. The van der Waals surface area contributed by atoms with Crippen molar-refractivity contribution >= 4 is 17.3 Å². The van der Waals surface area contributed by atoms with Crippen molar-refractivity contribution in [2.45, 2.75) is 0 Å². The largest absolute Gasteiger partial charge is 0.399 e. The van der Waals surface area contributed by atoms with Crippen molar-refractivity contribution in [3.8, 4) is 0 Å². The number of hydrogen-bond acceptors (Lipinski definition) is 4. The molecule has 0 saturated carbocycles. The highest BCUT2D eigenvalue weighted by Crippen LogP contribution is 2.17. The lowest BCUT2D eigenvalue weighted by Crippen LogP contribution is -2.35. The molecule has 6 heteroatoms. The lowest BCUT2D eigenvalue weighted by Gasteiger charge is -2.18. The van der Waals surface area contributed by atoms with E-state index in [1.54, 1.807) is 0 Å². The number of rotatable bonds is 6. The van der Waals surface area contributed by atoms with Crippen LogP contribution in [0, 0.1) is 5.82 Å². The first-order chi connectivity index (χ1) is 8.88. The molecule has 106 valence electrons. The molecule has 0 atom stereocenters. The van der Waals surface area contributed by atoms with Crippen LogP contribution in [0.15, 0.2) is 18.2 Å². The van der Waals surface area contributed by atoms with Gasteiger partial charge in [-0.3, -0.25) is 9.69 Å². The summed E-state index contributed by atoms with van der Waals surface area (Å²) in [4.78, 5) is 15.7. The average molecular weight is 268 g/mol. The summed E-state index contributed by atoms with van der Waals surface area (Å²) in [5.74, 6) is -0.746. The third-order valence-corrected chi connectivity index (χ3v) is 2.61. The average Bonchev–Trinajstić information content (AvgIpc) is 2.31. The van der Waals surface area contributed by atoms with Gasteiger partial charge in [0, 0.05) is 18.8 Å². The summed E-state index contributed by atoms with van der Waals surface area (Å²) in [6, 6.07) is 4.10. The quantitative estimate of drug-likeness (QED) is 0.751. The van der Waals surface area contributed by atoms with E-state index >= 15 is 0 Å². The van der Waals surface area contributed by atoms with Crippen LogP contribution in [0.2, 0.25) is 0 Å². The highest BCUT2D eigenvalue weighted by Gasteiger charge is 2.10. The minimum absolute atomic E-state index is 0.117. The van der Waals surface area contributed by atoms with Crippen LogP contribution < -0.4 is 11.1 Å². The van der Waals surface area contributed by atoms with E-state index in [0.717, 1.165) is 13.1 Å². The van der Waals surface area contributed by atoms with Gasteiger partial charge in [-0.05, 0) is 39.3 Å². The lowest BCUT2D eigenvalue weighted by molar-refractivity contribution is -0.117. The van der Waals surface area contributed by atoms with Gasteiger partial charge in [-0.1, -0.05) is 0 Å². The predicted molar refractivity (Wildman–Crippen MR) is 75.5 cm³/mol. The topological polar surface area (TPSA) is 61.6 Å². The van der Waals surface area contributed by atoms with Gasteiger partial charge in [0.1, 0.15) is 5.82 Å². The maximum absolute atomic E-state index is 13.4. The zero-order chi connectivity index (χ0) is 14.4. The summed E-state index contributed by atoms with van der Waals surface area (Å²) in [6.45, 7) is 1.83. The molecule has 1 amide bonds. The van der Waals surface area contributed by atoms with Crippen molar-refractivity contribution in [1.29, 1.82) is 0 Å². The molecule has 1 rings (SSSR count). The summed E-state index contributed by atoms with van der Waals surface area (Å²) in [5.41, 5.74) is 6.08. The van der Waals surface area contributed by atoms with E-state index in [1.807, 2.05) is 30.9 Å². The molecule has 0 spiro atoms. The van der Waals surface area contributed by atoms with E-state index in [2.05, 4.69) is 5.32 Å². The number of nitrogens with one attached hydrogen (secondary N) is 1. The minimum atomic E-state index is -0.488. The van der Waals surface area contributed by atoms with Gasteiger partial charge < -0.3 is 16.0 Å². The highest BCUT2D eigenvalue weighted by molar-refractivity contribution is 5.92. The van der Waals surface area contributed by atoms with Crippen LogP contribution in [0.3, 0.4) is 0 Å². The van der Waals surface area contributed by atoms with E-state index in [-0.39, 0.29) is 18.1 Å². The van der Waals surface area contributed by atoms with Crippen LogP contribution in [-0.2, 0) is 4.79 Å². The fourth-order valence-corrected chi connectivity index (χ4v) is 1.52. The Balaban J connectivity index is 2.48. The third-order valence-electron chi connectivity index (χ3n) is 2.61. The molecular weight excluding hydrogens is 247 g/mol. The fraction of sp³-hybridized carbons (Fsp3) is 0.462. The highest BCUT2D eigenvalue weighted by atomic mass is 19.1. The maximum Gasteiger partial charge on any atom is 0.238 e. The molecular formula is C13H21FN4O. The number of nitrogens with two attached hydrogens (primary N) is 1. The first-order valence-corrected chi connectivity index (χ1v) is 6.06. The second-order valence-electron chi connectivity index (χ2n) is 4.83. The molecule has 5 nitrogen and oxygen atoms in total. The summed E-state index contributed by atoms with van der Waals surface area (Å²) in [5, 5.41) is 2.52. The Morgan fingerprint density at radius 1 is 1.32 bits per heavy atom. The minimum Gasteiger partial charge on any atom is -0.399 e. The Morgan fingerprint density at radius 3 is 2.63 bits per heavy atom. The Kier molecular flexibility index (Phi) is 5.72. The van der Waals surface area contributed by atoms with E-state index in [1.165, 1.54) is 18.2 Å². The summed E-state index contributed by atoms with van der Waals surface area (Å²) >= 11 is 0. The fourth-order valence-electron chi connectivity index (χ4n) is 1.52. The van der Waals surface area contributed by atoms with Gasteiger partial charge in [-0.2, -0.15) is 0 Å². The van der Waals surface area contributed by atoms with E-state index < -0.39 is 5.82 Å². The molecule has 0 saturated heterocycles. The molecule has 0 radical (unpaired) electrons. The monoisotopic (exact) mass is 268 g/mol. The Bertz CT molecular complexity index is 437. The van der Waals surface area contributed by atoms with Gasteiger partial charge in [0.25, 0.3) is 0 Å². The Hall–Kier alpha value is -1.66. The number of nitrogen functional groups attached to an aromatic ring is 1. The number of anilines is 2. The molecule has 0 heterocycles. The van der Waals surface area contributed by atoms with Gasteiger partial charge in [0.15, 0.2) is 0 Å². The zero-order valence-electron chi connectivity index (χ0n) is 11.6. The van der Waals surface area contributed by atoms with Crippen LogP contribution in [-0.4, -0.2) is 56.5 Å². The standard InChI is InChI=1S/C13H21FN4O/c1-17(2)6-7-18(3)9-13(19)16-12-8-10(15)4-5-11(12)14/h4-5,8H,6-7,9,15H2,1-3H3,(H,16,19). The van der Waals surface area contributed by atoms with Crippen molar-refractivity contribution in [3.05, 3.63) is 24.0 Å². The van der Waals surface area contributed by atoms with Crippen LogP contribution in [0.4, 0.5) is 15.8 Å². The molecule has 0 aromatic heterocycles. The zero-order valence-corrected chi connectivity index (χ0v) is 11.6. The van der Waals surface area contributed by atoms with Gasteiger partial charge >= 0.3 is 0 Å². The summed E-state index contributed by atoms with van der Waals surface area (Å²) in [7, 11) is 5.78. The molecule has 19 heavy (non-hydrogen) atoms.